The number of thioether (sulfide) groups is 1. The summed E-state index contributed by atoms with van der Waals surface area (Å²) in [5.41, 5.74) is 5.02. The van der Waals surface area contributed by atoms with E-state index in [-0.39, 0.29) is 10.8 Å². The van der Waals surface area contributed by atoms with Gasteiger partial charge in [0.1, 0.15) is 5.75 Å². The fourth-order valence-corrected chi connectivity index (χ4v) is 4.31. The van der Waals surface area contributed by atoms with Gasteiger partial charge in [0.2, 0.25) is 0 Å². The fraction of sp³-hybridized carbons (Fsp3) is 0.526. The lowest BCUT2D eigenvalue weighted by atomic mass is 9.79. The molecule has 0 atom stereocenters. The normalized spacial score (nSPS) is 18.7. The first-order chi connectivity index (χ1) is 10.8. The highest BCUT2D eigenvalue weighted by molar-refractivity contribution is 7.99. The monoisotopic (exact) mass is 328 g/mol. The zero-order chi connectivity index (χ0) is 16.4. The Kier molecular flexibility index (Phi) is 3.15. The maximum atomic E-state index is 6.09. The smallest absolute Gasteiger partial charge is 0.168 e. The molecule has 4 heteroatoms. The Balaban J connectivity index is 1.91. The molecule has 0 unspecified atom stereocenters. The minimum Gasteiger partial charge on any atom is -0.492 e. The summed E-state index contributed by atoms with van der Waals surface area (Å²) in [4.78, 5) is 4.84. The highest BCUT2D eigenvalue weighted by Crippen LogP contribution is 2.47. The number of benzene rings is 1. The van der Waals surface area contributed by atoms with Gasteiger partial charge >= 0.3 is 0 Å². The minimum atomic E-state index is 0.0533. The number of imidazole rings is 1. The third-order valence-electron chi connectivity index (χ3n) is 4.80. The van der Waals surface area contributed by atoms with Gasteiger partial charge in [0.05, 0.1) is 12.3 Å². The summed E-state index contributed by atoms with van der Waals surface area (Å²) in [7, 11) is 0. The van der Waals surface area contributed by atoms with E-state index in [0.29, 0.717) is 0 Å². The van der Waals surface area contributed by atoms with Gasteiger partial charge in [-0.05, 0) is 17.5 Å². The lowest BCUT2D eigenvalue weighted by Gasteiger charge is -2.24. The van der Waals surface area contributed by atoms with Crippen LogP contribution in [0, 0.1) is 0 Å². The zero-order valence-electron chi connectivity index (χ0n) is 14.6. The molecule has 1 aromatic heterocycles. The highest BCUT2D eigenvalue weighted by Gasteiger charge is 2.36. The first-order valence-corrected chi connectivity index (χ1v) is 9.26. The van der Waals surface area contributed by atoms with Gasteiger partial charge in [0.25, 0.3) is 0 Å². The second-order valence-electron chi connectivity index (χ2n) is 8.27. The number of ether oxygens (including phenoxy) is 1. The number of fused-ring (bicyclic) bond motifs is 2. The molecule has 0 aliphatic carbocycles. The van der Waals surface area contributed by atoms with E-state index in [0.717, 1.165) is 35.5 Å². The van der Waals surface area contributed by atoms with Crippen LogP contribution >= 0.6 is 11.8 Å². The van der Waals surface area contributed by atoms with Crippen molar-refractivity contribution < 1.29 is 4.74 Å². The SMILES string of the molecule is CC(C)(C)c1cc(-c2cn3c(n2)SCC3)cc2c1OCC2(C)C. The van der Waals surface area contributed by atoms with Crippen molar-refractivity contribution in [3.8, 4) is 17.0 Å². The van der Waals surface area contributed by atoms with Crippen molar-refractivity contribution in [3.05, 3.63) is 29.5 Å². The van der Waals surface area contributed by atoms with Gasteiger partial charge in [0, 0.05) is 40.6 Å². The van der Waals surface area contributed by atoms with Crippen LogP contribution in [0.4, 0.5) is 0 Å². The number of rotatable bonds is 1. The van der Waals surface area contributed by atoms with E-state index in [9.17, 15) is 0 Å². The Morgan fingerprint density at radius 1 is 1.26 bits per heavy atom. The van der Waals surface area contributed by atoms with E-state index in [1.54, 1.807) is 0 Å². The topological polar surface area (TPSA) is 27.1 Å². The van der Waals surface area contributed by atoms with Crippen LogP contribution < -0.4 is 4.74 Å². The first-order valence-electron chi connectivity index (χ1n) is 8.28. The minimum absolute atomic E-state index is 0.0533. The Morgan fingerprint density at radius 2 is 2.04 bits per heavy atom. The molecule has 122 valence electrons. The molecule has 2 aliphatic heterocycles. The Morgan fingerprint density at radius 3 is 2.74 bits per heavy atom. The Labute approximate surface area is 142 Å². The van der Waals surface area contributed by atoms with Crippen molar-refractivity contribution >= 4 is 11.8 Å². The van der Waals surface area contributed by atoms with Crippen LogP contribution in [0.2, 0.25) is 0 Å². The average Bonchev–Trinajstić information content (AvgIpc) is 3.10. The van der Waals surface area contributed by atoms with Crippen molar-refractivity contribution in [2.45, 2.75) is 57.1 Å². The average molecular weight is 328 g/mol. The Bertz CT molecular complexity index is 762. The zero-order valence-corrected chi connectivity index (χ0v) is 15.4. The van der Waals surface area contributed by atoms with Crippen molar-refractivity contribution in [2.24, 2.45) is 0 Å². The highest BCUT2D eigenvalue weighted by atomic mass is 32.2. The van der Waals surface area contributed by atoms with Gasteiger partial charge in [-0.2, -0.15) is 0 Å². The maximum Gasteiger partial charge on any atom is 0.168 e. The molecule has 0 amide bonds. The molecule has 0 N–H and O–H groups in total. The molecule has 0 bridgehead atoms. The van der Waals surface area contributed by atoms with Gasteiger partial charge in [-0.25, -0.2) is 4.98 Å². The fourth-order valence-electron chi connectivity index (χ4n) is 3.37. The van der Waals surface area contributed by atoms with Gasteiger partial charge < -0.3 is 9.30 Å². The van der Waals surface area contributed by atoms with Crippen LogP contribution in [0.5, 0.6) is 5.75 Å². The molecule has 3 heterocycles. The number of hydrogen-bond donors (Lipinski definition) is 0. The summed E-state index contributed by atoms with van der Waals surface area (Å²) in [6.07, 6.45) is 2.20. The Hall–Kier alpha value is -1.42. The van der Waals surface area contributed by atoms with Crippen LogP contribution in [0.25, 0.3) is 11.3 Å². The summed E-state index contributed by atoms with van der Waals surface area (Å²) < 4.78 is 8.36. The van der Waals surface area contributed by atoms with Gasteiger partial charge in [-0.1, -0.05) is 46.4 Å². The lowest BCUT2D eigenvalue weighted by Crippen LogP contribution is -2.18. The molecular weight excluding hydrogens is 304 g/mol. The van der Waals surface area contributed by atoms with Crippen LogP contribution in [0.15, 0.2) is 23.5 Å². The molecule has 0 spiro atoms. The standard InChI is InChI=1S/C19H24N2OS/c1-18(2,3)13-8-12(9-14-16(13)22-11-19(14,4)5)15-10-21-6-7-23-17(21)20-15/h8-10H,6-7,11H2,1-5H3. The molecule has 1 aromatic carbocycles. The molecule has 0 radical (unpaired) electrons. The maximum absolute atomic E-state index is 6.09. The summed E-state index contributed by atoms with van der Waals surface area (Å²) in [6.45, 7) is 13.1. The molecule has 0 saturated carbocycles. The summed E-state index contributed by atoms with van der Waals surface area (Å²) in [6, 6.07) is 4.57. The third kappa shape index (κ3) is 2.38. The molecule has 0 saturated heterocycles. The molecule has 2 aliphatic rings. The second kappa shape index (κ2) is 4.79. The first kappa shape index (κ1) is 15.1. The van der Waals surface area contributed by atoms with Crippen molar-refractivity contribution in [3.63, 3.8) is 0 Å². The van der Waals surface area contributed by atoms with E-state index in [1.165, 1.54) is 16.7 Å². The van der Waals surface area contributed by atoms with Crippen LogP contribution in [0.3, 0.4) is 0 Å². The van der Waals surface area contributed by atoms with Crippen LogP contribution in [0.1, 0.15) is 45.7 Å². The number of aryl methyl sites for hydroxylation is 1. The van der Waals surface area contributed by atoms with E-state index in [4.69, 9.17) is 9.72 Å². The summed E-state index contributed by atoms with van der Waals surface area (Å²) >= 11 is 1.85. The number of hydrogen-bond acceptors (Lipinski definition) is 3. The summed E-state index contributed by atoms with van der Waals surface area (Å²) in [5.74, 6) is 2.23. The predicted octanol–water partition coefficient (Wildman–Crippen LogP) is 4.62. The molecule has 3 nitrogen and oxygen atoms in total. The van der Waals surface area contributed by atoms with Crippen LogP contribution in [-0.4, -0.2) is 21.9 Å². The van der Waals surface area contributed by atoms with Gasteiger partial charge in [0.15, 0.2) is 5.16 Å². The van der Waals surface area contributed by atoms with Gasteiger partial charge in [-0.15, -0.1) is 0 Å². The largest absolute Gasteiger partial charge is 0.492 e. The van der Waals surface area contributed by atoms with E-state index in [1.807, 2.05) is 11.8 Å². The second-order valence-corrected chi connectivity index (χ2v) is 9.34. The van der Waals surface area contributed by atoms with Gasteiger partial charge in [-0.3, -0.25) is 0 Å². The van der Waals surface area contributed by atoms with Crippen molar-refractivity contribution in [1.82, 2.24) is 9.55 Å². The van der Waals surface area contributed by atoms with E-state index < -0.39 is 0 Å². The molecular formula is C19H24N2OS. The molecule has 4 rings (SSSR count). The third-order valence-corrected chi connectivity index (χ3v) is 5.77. The quantitative estimate of drug-likeness (QED) is 0.764. The van der Waals surface area contributed by atoms with E-state index in [2.05, 4.69) is 57.5 Å². The van der Waals surface area contributed by atoms with Crippen molar-refractivity contribution in [1.29, 1.82) is 0 Å². The van der Waals surface area contributed by atoms with Crippen LogP contribution in [-0.2, 0) is 17.4 Å². The molecule has 0 fully saturated rings. The number of nitrogens with zero attached hydrogens (tertiary/aromatic N) is 2. The number of aromatic nitrogens is 2. The van der Waals surface area contributed by atoms with Crippen molar-refractivity contribution in [2.75, 3.05) is 12.4 Å². The summed E-state index contributed by atoms with van der Waals surface area (Å²) in [5, 5.41) is 1.15. The predicted molar refractivity (Wildman–Crippen MR) is 95.6 cm³/mol. The lowest BCUT2D eigenvalue weighted by molar-refractivity contribution is 0.286. The van der Waals surface area contributed by atoms with E-state index >= 15 is 0 Å². The molecule has 2 aromatic rings. The molecule has 23 heavy (non-hydrogen) atoms.